The molecule has 4 nitrogen and oxygen atoms in total. The molecular formula is C20H17N3O. The molecule has 0 atom stereocenters. The number of fused-ring (bicyclic) bond motifs is 3. The number of carbonyl (C=O) groups is 1. The van der Waals surface area contributed by atoms with Crippen molar-refractivity contribution in [3.63, 3.8) is 0 Å². The first-order chi connectivity index (χ1) is 11.8. The number of aromatic nitrogens is 2. The van der Waals surface area contributed by atoms with E-state index in [0.717, 1.165) is 27.5 Å². The first kappa shape index (κ1) is 14.5. The molecule has 24 heavy (non-hydrogen) atoms. The number of H-pyrrole nitrogens is 1. The Morgan fingerprint density at radius 1 is 1.04 bits per heavy atom. The fraction of sp³-hybridized carbons (Fsp3) is 0.100. The highest BCUT2D eigenvalue weighted by Crippen LogP contribution is 2.25. The third-order valence-electron chi connectivity index (χ3n) is 4.23. The summed E-state index contributed by atoms with van der Waals surface area (Å²) in [5, 5.41) is 2.05. The van der Waals surface area contributed by atoms with Crippen LogP contribution in [0.25, 0.3) is 21.8 Å². The molecule has 2 aromatic heterocycles. The van der Waals surface area contributed by atoms with Crippen molar-refractivity contribution >= 4 is 33.4 Å². The largest absolute Gasteiger partial charge is 0.349 e. The van der Waals surface area contributed by atoms with E-state index in [4.69, 9.17) is 0 Å². The molecule has 0 fully saturated rings. The summed E-state index contributed by atoms with van der Waals surface area (Å²) in [5.74, 6) is -0.0380. The van der Waals surface area contributed by atoms with Gasteiger partial charge >= 0.3 is 0 Å². The fourth-order valence-electron chi connectivity index (χ4n) is 3.05. The number of carbonyl (C=O) groups excluding carboxylic acids is 1. The highest BCUT2D eigenvalue weighted by molar-refractivity contribution is 6.11. The third-order valence-corrected chi connectivity index (χ3v) is 4.23. The second kappa shape index (κ2) is 5.81. The van der Waals surface area contributed by atoms with E-state index in [1.54, 1.807) is 11.1 Å². The number of anilines is 1. The van der Waals surface area contributed by atoms with Crippen LogP contribution in [0, 0.1) is 0 Å². The van der Waals surface area contributed by atoms with Gasteiger partial charge in [-0.25, -0.2) is 0 Å². The molecule has 2 heterocycles. The van der Waals surface area contributed by atoms with Crippen molar-refractivity contribution in [3.05, 3.63) is 72.6 Å². The normalized spacial score (nSPS) is 11.0. The van der Waals surface area contributed by atoms with Crippen molar-refractivity contribution in [3.8, 4) is 0 Å². The predicted molar refractivity (Wildman–Crippen MR) is 97.4 cm³/mol. The lowest BCUT2D eigenvalue weighted by atomic mass is 10.1. The van der Waals surface area contributed by atoms with Crippen molar-refractivity contribution < 1.29 is 4.79 Å². The lowest BCUT2D eigenvalue weighted by molar-refractivity contribution is 0.0984. The molecule has 0 radical (unpaired) electrons. The summed E-state index contributed by atoms with van der Waals surface area (Å²) in [6.45, 7) is 2.59. The van der Waals surface area contributed by atoms with Gasteiger partial charge in [0, 0.05) is 29.2 Å². The van der Waals surface area contributed by atoms with Crippen LogP contribution in [-0.4, -0.2) is 22.4 Å². The van der Waals surface area contributed by atoms with Crippen molar-refractivity contribution in [2.45, 2.75) is 6.92 Å². The fourth-order valence-corrected chi connectivity index (χ4v) is 3.05. The van der Waals surface area contributed by atoms with Gasteiger partial charge in [-0.2, -0.15) is 0 Å². The van der Waals surface area contributed by atoms with E-state index in [0.29, 0.717) is 12.2 Å². The van der Waals surface area contributed by atoms with Crippen LogP contribution in [-0.2, 0) is 0 Å². The number of aromatic amines is 1. The van der Waals surface area contributed by atoms with Gasteiger partial charge in [-0.1, -0.05) is 36.4 Å². The van der Waals surface area contributed by atoms with Crippen LogP contribution in [0.5, 0.6) is 0 Å². The Labute approximate surface area is 139 Å². The Balaban J connectivity index is 1.81. The Morgan fingerprint density at radius 3 is 2.62 bits per heavy atom. The third kappa shape index (κ3) is 2.33. The van der Waals surface area contributed by atoms with Gasteiger partial charge in [0.25, 0.3) is 5.91 Å². The van der Waals surface area contributed by atoms with Crippen LogP contribution in [0.15, 0.2) is 66.9 Å². The summed E-state index contributed by atoms with van der Waals surface area (Å²) in [6.07, 6.45) is 1.77. The molecule has 0 aliphatic rings. The number of rotatable bonds is 3. The van der Waals surface area contributed by atoms with Gasteiger partial charge in [0.05, 0.1) is 11.0 Å². The summed E-state index contributed by atoms with van der Waals surface area (Å²) >= 11 is 0. The predicted octanol–water partition coefficient (Wildman–Crippen LogP) is 4.38. The molecule has 4 aromatic rings. The quantitative estimate of drug-likeness (QED) is 0.610. The summed E-state index contributed by atoms with van der Waals surface area (Å²) < 4.78 is 0. The van der Waals surface area contributed by atoms with E-state index in [1.807, 2.05) is 67.6 Å². The molecule has 2 aromatic carbocycles. The smallest absolute Gasteiger partial charge is 0.274 e. The molecule has 1 N–H and O–H groups in total. The molecule has 0 aliphatic heterocycles. The molecule has 0 aliphatic carbocycles. The second-order valence-corrected chi connectivity index (χ2v) is 5.67. The maximum absolute atomic E-state index is 13.0. The molecule has 4 rings (SSSR count). The summed E-state index contributed by atoms with van der Waals surface area (Å²) in [6, 6.07) is 19.6. The zero-order valence-corrected chi connectivity index (χ0v) is 13.4. The van der Waals surface area contributed by atoms with Crippen LogP contribution < -0.4 is 4.90 Å². The van der Waals surface area contributed by atoms with E-state index in [1.165, 1.54) is 0 Å². The zero-order chi connectivity index (χ0) is 16.5. The van der Waals surface area contributed by atoms with Crippen LogP contribution >= 0.6 is 0 Å². The van der Waals surface area contributed by atoms with Crippen LogP contribution in [0.2, 0.25) is 0 Å². The molecule has 118 valence electrons. The van der Waals surface area contributed by atoms with Crippen LogP contribution in [0.1, 0.15) is 17.4 Å². The minimum atomic E-state index is -0.0380. The number of nitrogens with zero attached hydrogens (tertiary/aromatic N) is 2. The first-order valence-corrected chi connectivity index (χ1v) is 8.01. The summed E-state index contributed by atoms with van der Waals surface area (Å²) in [4.78, 5) is 22.4. The minimum absolute atomic E-state index is 0.0380. The van der Waals surface area contributed by atoms with Crippen LogP contribution in [0.4, 0.5) is 5.69 Å². The van der Waals surface area contributed by atoms with E-state index in [-0.39, 0.29) is 5.91 Å². The lowest BCUT2D eigenvalue weighted by Gasteiger charge is -2.20. The number of para-hydroxylation sites is 1. The van der Waals surface area contributed by atoms with E-state index in [2.05, 4.69) is 9.97 Å². The lowest BCUT2D eigenvalue weighted by Crippen LogP contribution is -2.30. The Kier molecular flexibility index (Phi) is 3.50. The molecule has 0 saturated carbocycles. The van der Waals surface area contributed by atoms with Gasteiger partial charge in [-0.05, 0) is 31.2 Å². The molecular weight excluding hydrogens is 298 g/mol. The number of amides is 1. The second-order valence-electron chi connectivity index (χ2n) is 5.67. The van der Waals surface area contributed by atoms with E-state index >= 15 is 0 Å². The van der Waals surface area contributed by atoms with Crippen molar-refractivity contribution in [1.82, 2.24) is 9.97 Å². The maximum atomic E-state index is 13.0. The number of pyridine rings is 1. The topological polar surface area (TPSA) is 49.0 Å². The van der Waals surface area contributed by atoms with Crippen molar-refractivity contribution in [2.75, 3.05) is 11.4 Å². The Hall–Kier alpha value is -3.14. The van der Waals surface area contributed by atoms with Gasteiger partial charge < -0.3 is 9.88 Å². The van der Waals surface area contributed by atoms with Gasteiger partial charge in [0.15, 0.2) is 0 Å². The van der Waals surface area contributed by atoms with Gasteiger partial charge in [-0.3, -0.25) is 9.78 Å². The molecule has 0 unspecified atom stereocenters. The molecule has 4 heteroatoms. The highest BCUT2D eigenvalue weighted by atomic mass is 16.2. The number of nitrogens with one attached hydrogen (secondary N) is 1. The summed E-state index contributed by atoms with van der Waals surface area (Å²) in [7, 11) is 0. The van der Waals surface area contributed by atoms with Gasteiger partial charge in [-0.15, -0.1) is 0 Å². The monoisotopic (exact) mass is 315 g/mol. The number of hydrogen-bond acceptors (Lipinski definition) is 2. The summed E-state index contributed by atoms with van der Waals surface area (Å²) in [5.41, 5.74) is 3.26. The molecule has 0 bridgehead atoms. The Bertz CT molecular complexity index is 1020. The SMILES string of the molecule is CCN(C(=O)c1cc2ccc3cccnc3c2[nH]1)c1ccccc1. The van der Waals surface area contributed by atoms with E-state index in [9.17, 15) is 4.79 Å². The zero-order valence-electron chi connectivity index (χ0n) is 13.4. The van der Waals surface area contributed by atoms with Crippen LogP contribution in [0.3, 0.4) is 0 Å². The van der Waals surface area contributed by atoms with Crippen molar-refractivity contribution in [1.29, 1.82) is 0 Å². The number of benzene rings is 2. The average molecular weight is 315 g/mol. The maximum Gasteiger partial charge on any atom is 0.274 e. The standard InChI is InChI=1S/C20H17N3O/c1-2-23(16-8-4-3-5-9-16)20(24)17-13-15-11-10-14-7-6-12-21-18(14)19(15)22-17/h3-13,22H,2H2,1H3. The number of hydrogen-bond donors (Lipinski definition) is 1. The van der Waals surface area contributed by atoms with E-state index < -0.39 is 0 Å². The molecule has 0 saturated heterocycles. The molecule has 1 amide bonds. The van der Waals surface area contributed by atoms with Gasteiger partial charge in [0.1, 0.15) is 5.69 Å². The Morgan fingerprint density at radius 2 is 1.83 bits per heavy atom. The average Bonchev–Trinajstić information content (AvgIpc) is 3.08. The van der Waals surface area contributed by atoms with Crippen molar-refractivity contribution in [2.24, 2.45) is 0 Å². The highest BCUT2D eigenvalue weighted by Gasteiger charge is 2.18. The molecule has 0 spiro atoms. The minimum Gasteiger partial charge on any atom is -0.349 e. The first-order valence-electron chi connectivity index (χ1n) is 8.01. The van der Waals surface area contributed by atoms with Gasteiger partial charge in [0.2, 0.25) is 0 Å².